The normalized spacial score (nSPS) is 9.72. The highest BCUT2D eigenvalue weighted by Crippen LogP contribution is 2.22. The Bertz CT molecular complexity index is 499. The SMILES string of the molecule is C=C(CO)C(=O)Nc1cc(Cl)ccc1C(=O)OC. The summed E-state index contributed by atoms with van der Waals surface area (Å²) in [6.45, 7) is 2.90. The first-order chi connectivity index (χ1) is 8.49. The summed E-state index contributed by atoms with van der Waals surface area (Å²) in [5, 5.41) is 11.6. The molecule has 0 fully saturated rings. The fourth-order valence-electron chi connectivity index (χ4n) is 1.19. The summed E-state index contributed by atoms with van der Waals surface area (Å²) in [6, 6.07) is 4.35. The van der Waals surface area contributed by atoms with Crippen LogP contribution in [0.4, 0.5) is 5.69 Å². The number of aliphatic hydroxyl groups is 1. The van der Waals surface area contributed by atoms with Crippen LogP contribution in [-0.2, 0) is 9.53 Å². The van der Waals surface area contributed by atoms with Gasteiger partial charge in [0.25, 0.3) is 5.91 Å². The van der Waals surface area contributed by atoms with Crippen molar-refractivity contribution in [3.05, 3.63) is 40.9 Å². The van der Waals surface area contributed by atoms with Gasteiger partial charge in [-0.05, 0) is 18.2 Å². The van der Waals surface area contributed by atoms with Crippen molar-refractivity contribution < 1.29 is 19.4 Å². The molecule has 18 heavy (non-hydrogen) atoms. The van der Waals surface area contributed by atoms with Crippen LogP contribution in [0.2, 0.25) is 5.02 Å². The molecule has 0 aliphatic rings. The van der Waals surface area contributed by atoms with Gasteiger partial charge >= 0.3 is 5.97 Å². The molecule has 0 aliphatic carbocycles. The van der Waals surface area contributed by atoms with Gasteiger partial charge < -0.3 is 15.2 Å². The van der Waals surface area contributed by atoms with E-state index in [0.29, 0.717) is 5.02 Å². The van der Waals surface area contributed by atoms with Gasteiger partial charge in [-0.15, -0.1) is 0 Å². The third-order valence-corrected chi connectivity index (χ3v) is 2.38. The van der Waals surface area contributed by atoms with Crippen molar-refractivity contribution in [1.82, 2.24) is 0 Å². The summed E-state index contributed by atoms with van der Waals surface area (Å²) in [5.41, 5.74) is 0.348. The third-order valence-electron chi connectivity index (χ3n) is 2.15. The fraction of sp³-hybridized carbons (Fsp3) is 0.167. The van der Waals surface area contributed by atoms with E-state index in [2.05, 4.69) is 16.6 Å². The molecule has 0 aromatic heterocycles. The third kappa shape index (κ3) is 3.32. The predicted molar refractivity (Wildman–Crippen MR) is 67.6 cm³/mol. The zero-order valence-electron chi connectivity index (χ0n) is 9.70. The first kappa shape index (κ1) is 14.2. The van der Waals surface area contributed by atoms with Gasteiger partial charge in [-0.25, -0.2) is 4.79 Å². The largest absolute Gasteiger partial charge is 0.465 e. The lowest BCUT2D eigenvalue weighted by atomic mass is 10.1. The number of benzene rings is 1. The van der Waals surface area contributed by atoms with Crippen molar-refractivity contribution >= 4 is 29.2 Å². The van der Waals surface area contributed by atoms with Crippen LogP contribution in [0.15, 0.2) is 30.4 Å². The smallest absolute Gasteiger partial charge is 0.339 e. The van der Waals surface area contributed by atoms with Gasteiger partial charge in [0, 0.05) is 10.6 Å². The van der Waals surface area contributed by atoms with Crippen LogP contribution in [0.3, 0.4) is 0 Å². The average molecular weight is 270 g/mol. The Balaban J connectivity index is 3.06. The molecule has 0 saturated heterocycles. The summed E-state index contributed by atoms with van der Waals surface area (Å²) in [7, 11) is 1.23. The molecular weight excluding hydrogens is 258 g/mol. The molecule has 0 saturated carbocycles. The van der Waals surface area contributed by atoms with Crippen LogP contribution in [0, 0.1) is 0 Å². The van der Waals surface area contributed by atoms with E-state index in [1.165, 1.54) is 25.3 Å². The number of halogens is 1. The molecule has 2 N–H and O–H groups in total. The fourth-order valence-corrected chi connectivity index (χ4v) is 1.36. The zero-order chi connectivity index (χ0) is 13.7. The summed E-state index contributed by atoms with van der Waals surface area (Å²) >= 11 is 5.79. The molecule has 1 rings (SSSR count). The number of aliphatic hydroxyl groups excluding tert-OH is 1. The molecule has 0 atom stereocenters. The monoisotopic (exact) mass is 269 g/mol. The van der Waals surface area contributed by atoms with Gasteiger partial charge in [0.1, 0.15) is 0 Å². The highest BCUT2D eigenvalue weighted by atomic mass is 35.5. The number of carbonyl (C=O) groups excluding carboxylic acids is 2. The maximum atomic E-state index is 11.6. The van der Waals surface area contributed by atoms with Gasteiger partial charge in [-0.3, -0.25) is 4.79 Å². The number of rotatable bonds is 4. The summed E-state index contributed by atoms with van der Waals surface area (Å²) in [4.78, 5) is 23.0. The molecule has 5 nitrogen and oxygen atoms in total. The molecule has 1 aromatic rings. The Labute approximate surface area is 109 Å². The van der Waals surface area contributed by atoms with Crippen LogP contribution in [0.25, 0.3) is 0 Å². The van der Waals surface area contributed by atoms with E-state index in [0.717, 1.165) is 0 Å². The molecule has 96 valence electrons. The van der Waals surface area contributed by atoms with Gasteiger partial charge in [0.05, 0.1) is 25.0 Å². The molecule has 0 heterocycles. The van der Waals surface area contributed by atoms with Crippen molar-refractivity contribution in [1.29, 1.82) is 0 Å². The van der Waals surface area contributed by atoms with E-state index >= 15 is 0 Å². The average Bonchev–Trinajstić information content (AvgIpc) is 2.37. The molecule has 1 amide bonds. The highest BCUT2D eigenvalue weighted by Gasteiger charge is 2.15. The molecule has 0 bridgehead atoms. The van der Waals surface area contributed by atoms with Crippen molar-refractivity contribution in [3.8, 4) is 0 Å². The maximum absolute atomic E-state index is 11.6. The Morgan fingerprint density at radius 3 is 2.72 bits per heavy atom. The first-order valence-corrected chi connectivity index (χ1v) is 5.35. The minimum Gasteiger partial charge on any atom is -0.465 e. The first-order valence-electron chi connectivity index (χ1n) is 4.97. The van der Waals surface area contributed by atoms with Crippen LogP contribution in [0.5, 0.6) is 0 Å². The van der Waals surface area contributed by atoms with E-state index in [1.54, 1.807) is 0 Å². The second kappa shape index (κ2) is 6.18. The van der Waals surface area contributed by atoms with Crippen LogP contribution >= 0.6 is 11.6 Å². The Hall–Kier alpha value is -1.85. The molecule has 6 heteroatoms. The van der Waals surface area contributed by atoms with E-state index in [-0.39, 0.29) is 16.8 Å². The van der Waals surface area contributed by atoms with Crippen molar-refractivity contribution in [2.45, 2.75) is 0 Å². The second-order valence-electron chi connectivity index (χ2n) is 3.40. The van der Waals surface area contributed by atoms with E-state index in [1.807, 2.05) is 0 Å². The Morgan fingerprint density at radius 2 is 2.17 bits per heavy atom. The Morgan fingerprint density at radius 1 is 1.50 bits per heavy atom. The van der Waals surface area contributed by atoms with Crippen molar-refractivity contribution in [2.75, 3.05) is 19.0 Å². The number of methoxy groups -OCH3 is 1. The number of amides is 1. The van der Waals surface area contributed by atoms with Crippen LogP contribution in [-0.4, -0.2) is 30.7 Å². The lowest BCUT2D eigenvalue weighted by Gasteiger charge is -2.10. The van der Waals surface area contributed by atoms with E-state index in [9.17, 15) is 9.59 Å². The minimum atomic E-state index is -0.600. The van der Waals surface area contributed by atoms with Gasteiger partial charge in [-0.1, -0.05) is 18.2 Å². The molecule has 0 radical (unpaired) electrons. The van der Waals surface area contributed by atoms with Crippen LogP contribution in [0.1, 0.15) is 10.4 Å². The standard InChI is InChI=1S/C12H12ClNO4/c1-7(6-15)11(16)14-10-5-8(13)3-4-9(10)12(17)18-2/h3-5,15H,1,6H2,2H3,(H,14,16). The van der Waals surface area contributed by atoms with Crippen molar-refractivity contribution in [2.24, 2.45) is 0 Å². The van der Waals surface area contributed by atoms with Gasteiger partial charge in [0.15, 0.2) is 0 Å². The number of carbonyl (C=O) groups is 2. The summed E-state index contributed by atoms with van der Waals surface area (Å²) in [5.74, 6) is -1.19. The lowest BCUT2D eigenvalue weighted by Crippen LogP contribution is -2.18. The van der Waals surface area contributed by atoms with E-state index < -0.39 is 18.5 Å². The molecular formula is C12H12ClNO4. The number of hydrogen-bond acceptors (Lipinski definition) is 4. The number of nitrogens with one attached hydrogen (secondary N) is 1. The number of anilines is 1. The van der Waals surface area contributed by atoms with E-state index in [4.69, 9.17) is 16.7 Å². The topological polar surface area (TPSA) is 75.6 Å². The molecule has 1 aromatic carbocycles. The second-order valence-corrected chi connectivity index (χ2v) is 3.83. The summed E-state index contributed by atoms with van der Waals surface area (Å²) in [6.07, 6.45) is 0. The number of hydrogen-bond donors (Lipinski definition) is 2. The van der Waals surface area contributed by atoms with Crippen LogP contribution < -0.4 is 5.32 Å². The minimum absolute atomic E-state index is 0.0224. The van der Waals surface area contributed by atoms with Crippen molar-refractivity contribution in [3.63, 3.8) is 0 Å². The highest BCUT2D eigenvalue weighted by molar-refractivity contribution is 6.31. The lowest BCUT2D eigenvalue weighted by molar-refractivity contribution is -0.113. The quantitative estimate of drug-likeness (QED) is 0.643. The number of esters is 1. The zero-order valence-corrected chi connectivity index (χ0v) is 10.5. The van der Waals surface area contributed by atoms with Gasteiger partial charge in [-0.2, -0.15) is 0 Å². The molecule has 0 unspecified atom stereocenters. The molecule has 0 spiro atoms. The summed E-state index contributed by atoms with van der Waals surface area (Å²) < 4.78 is 4.58. The predicted octanol–water partition coefficient (Wildman–Crippen LogP) is 1.61. The maximum Gasteiger partial charge on any atom is 0.339 e. The number of ether oxygens (including phenoxy) is 1. The Kier molecular flexibility index (Phi) is 4.88. The molecule has 0 aliphatic heterocycles. The van der Waals surface area contributed by atoms with Gasteiger partial charge in [0.2, 0.25) is 0 Å².